The zero-order valence-corrected chi connectivity index (χ0v) is 9.07. The van der Waals surface area contributed by atoms with E-state index in [4.69, 9.17) is 5.84 Å². The van der Waals surface area contributed by atoms with E-state index >= 15 is 0 Å². The molecule has 0 aliphatic heterocycles. The second-order valence-corrected chi connectivity index (χ2v) is 3.54. The third-order valence-electron chi connectivity index (χ3n) is 2.22. The molecule has 0 fully saturated rings. The van der Waals surface area contributed by atoms with Crippen LogP contribution in [0.1, 0.15) is 5.56 Å². The number of hydrogen-bond donors (Lipinski definition) is 3. The molecule has 2 rings (SSSR count). The molecule has 0 saturated carbocycles. The van der Waals surface area contributed by atoms with Crippen LogP contribution in [0, 0.1) is 6.92 Å². The lowest BCUT2D eigenvalue weighted by atomic mass is 10.2. The SMILES string of the molecule is Cc1ccc(Nc2cccc(NN)n2)cc1. The van der Waals surface area contributed by atoms with Gasteiger partial charge in [-0.15, -0.1) is 0 Å². The summed E-state index contributed by atoms with van der Waals surface area (Å²) < 4.78 is 0. The van der Waals surface area contributed by atoms with Crippen molar-refractivity contribution >= 4 is 17.3 Å². The van der Waals surface area contributed by atoms with Crippen molar-refractivity contribution in [1.29, 1.82) is 0 Å². The van der Waals surface area contributed by atoms with Crippen LogP contribution in [0.4, 0.5) is 17.3 Å². The number of rotatable bonds is 3. The molecule has 0 saturated heterocycles. The van der Waals surface area contributed by atoms with Gasteiger partial charge < -0.3 is 10.7 Å². The fourth-order valence-corrected chi connectivity index (χ4v) is 1.37. The molecule has 4 heteroatoms. The molecule has 0 bridgehead atoms. The number of nitrogen functional groups attached to an aromatic ring is 1. The van der Waals surface area contributed by atoms with Gasteiger partial charge in [-0.1, -0.05) is 23.8 Å². The molecule has 4 N–H and O–H groups in total. The van der Waals surface area contributed by atoms with Crippen LogP contribution in [0.2, 0.25) is 0 Å². The van der Waals surface area contributed by atoms with Crippen molar-refractivity contribution in [2.75, 3.05) is 10.7 Å². The van der Waals surface area contributed by atoms with E-state index in [9.17, 15) is 0 Å². The van der Waals surface area contributed by atoms with E-state index in [1.54, 1.807) is 6.07 Å². The van der Waals surface area contributed by atoms with Crippen LogP contribution < -0.4 is 16.6 Å². The van der Waals surface area contributed by atoms with E-state index in [0.29, 0.717) is 5.82 Å². The Kier molecular flexibility index (Phi) is 3.03. The molecule has 0 aliphatic rings. The fourth-order valence-electron chi connectivity index (χ4n) is 1.37. The third-order valence-corrected chi connectivity index (χ3v) is 2.22. The first-order chi connectivity index (χ1) is 7.78. The maximum Gasteiger partial charge on any atom is 0.142 e. The topological polar surface area (TPSA) is 63.0 Å². The third kappa shape index (κ3) is 2.49. The summed E-state index contributed by atoms with van der Waals surface area (Å²) in [6, 6.07) is 13.7. The Bertz CT molecular complexity index is 465. The fraction of sp³-hybridized carbons (Fsp3) is 0.0833. The van der Waals surface area contributed by atoms with E-state index in [1.807, 2.05) is 36.4 Å². The Labute approximate surface area is 94.5 Å². The Morgan fingerprint density at radius 3 is 2.38 bits per heavy atom. The van der Waals surface area contributed by atoms with Gasteiger partial charge in [0.15, 0.2) is 0 Å². The van der Waals surface area contributed by atoms with Crippen molar-refractivity contribution in [2.24, 2.45) is 5.84 Å². The maximum absolute atomic E-state index is 5.29. The van der Waals surface area contributed by atoms with Crippen LogP contribution in [0.15, 0.2) is 42.5 Å². The Morgan fingerprint density at radius 2 is 1.69 bits per heavy atom. The molecule has 0 amide bonds. The minimum atomic E-state index is 0.636. The summed E-state index contributed by atoms with van der Waals surface area (Å²) in [4.78, 5) is 4.26. The van der Waals surface area contributed by atoms with Crippen LogP contribution in [-0.4, -0.2) is 4.98 Å². The van der Waals surface area contributed by atoms with E-state index < -0.39 is 0 Å². The summed E-state index contributed by atoms with van der Waals surface area (Å²) in [5.74, 6) is 6.69. The molecular weight excluding hydrogens is 200 g/mol. The first-order valence-corrected chi connectivity index (χ1v) is 5.05. The molecule has 0 atom stereocenters. The van der Waals surface area contributed by atoms with Crippen molar-refractivity contribution in [3.05, 3.63) is 48.0 Å². The number of nitrogens with one attached hydrogen (secondary N) is 2. The highest BCUT2D eigenvalue weighted by atomic mass is 15.3. The highest BCUT2D eigenvalue weighted by molar-refractivity contribution is 5.58. The average Bonchev–Trinajstić information content (AvgIpc) is 2.32. The minimum absolute atomic E-state index is 0.636. The molecule has 2 aromatic rings. The molecule has 0 radical (unpaired) electrons. The van der Waals surface area contributed by atoms with Gasteiger partial charge in [0, 0.05) is 5.69 Å². The normalized spacial score (nSPS) is 9.88. The van der Waals surface area contributed by atoms with Crippen LogP contribution in [0.25, 0.3) is 0 Å². The number of aromatic nitrogens is 1. The standard InChI is InChI=1S/C12H14N4/c1-9-5-7-10(8-6-9)14-11-3-2-4-12(15-11)16-13/h2-8H,13H2,1H3,(H2,14,15,16). The van der Waals surface area contributed by atoms with Gasteiger partial charge in [-0.05, 0) is 31.2 Å². The molecule has 0 spiro atoms. The monoisotopic (exact) mass is 214 g/mol. The first-order valence-electron chi connectivity index (χ1n) is 5.05. The Morgan fingerprint density at radius 1 is 1.00 bits per heavy atom. The highest BCUT2D eigenvalue weighted by Gasteiger charge is 1.96. The number of benzene rings is 1. The van der Waals surface area contributed by atoms with Crippen LogP contribution in [0.3, 0.4) is 0 Å². The van der Waals surface area contributed by atoms with Crippen molar-refractivity contribution in [2.45, 2.75) is 6.92 Å². The van der Waals surface area contributed by atoms with Crippen LogP contribution in [0.5, 0.6) is 0 Å². The van der Waals surface area contributed by atoms with Crippen molar-refractivity contribution in [3.8, 4) is 0 Å². The molecule has 0 unspecified atom stereocenters. The molecule has 16 heavy (non-hydrogen) atoms. The summed E-state index contributed by atoms with van der Waals surface area (Å²) in [5.41, 5.74) is 4.75. The molecular formula is C12H14N4. The van der Waals surface area contributed by atoms with E-state index in [2.05, 4.69) is 22.7 Å². The second kappa shape index (κ2) is 4.63. The predicted molar refractivity (Wildman–Crippen MR) is 66.5 cm³/mol. The van der Waals surface area contributed by atoms with Gasteiger partial charge in [0.2, 0.25) is 0 Å². The highest BCUT2D eigenvalue weighted by Crippen LogP contribution is 2.16. The van der Waals surface area contributed by atoms with Crippen molar-refractivity contribution < 1.29 is 0 Å². The van der Waals surface area contributed by atoms with Crippen molar-refractivity contribution in [3.63, 3.8) is 0 Å². The first kappa shape index (κ1) is 10.4. The van der Waals surface area contributed by atoms with E-state index in [1.165, 1.54) is 5.56 Å². The smallest absolute Gasteiger partial charge is 0.142 e. The molecule has 0 aliphatic carbocycles. The zero-order valence-electron chi connectivity index (χ0n) is 9.07. The molecule has 1 heterocycles. The van der Waals surface area contributed by atoms with Gasteiger partial charge in [0.05, 0.1) is 0 Å². The van der Waals surface area contributed by atoms with Gasteiger partial charge in [-0.2, -0.15) is 0 Å². The average molecular weight is 214 g/mol. The molecule has 4 nitrogen and oxygen atoms in total. The van der Waals surface area contributed by atoms with Gasteiger partial charge in [-0.25, -0.2) is 10.8 Å². The quantitative estimate of drug-likeness (QED) is 0.542. The van der Waals surface area contributed by atoms with Crippen LogP contribution >= 0.6 is 0 Å². The number of anilines is 3. The zero-order chi connectivity index (χ0) is 11.4. The number of hydrogen-bond acceptors (Lipinski definition) is 4. The Hall–Kier alpha value is -2.07. The van der Waals surface area contributed by atoms with Crippen molar-refractivity contribution in [1.82, 2.24) is 4.98 Å². The van der Waals surface area contributed by atoms with Gasteiger partial charge in [0.25, 0.3) is 0 Å². The lowest BCUT2D eigenvalue weighted by Gasteiger charge is -2.07. The van der Waals surface area contributed by atoms with E-state index in [0.717, 1.165) is 11.5 Å². The Balaban J connectivity index is 2.16. The maximum atomic E-state index is 5.29. The summed E-state index contributed by atoms with van der Waals surface area (Å²) in [5, 5.41) is 3.20. The van der Waals surface area contributed by atoms with Gasteiger partial charge in [-0.3, -0.25) is 0 Å². The number of nitrogens with zero attached hydrogens (tertiary/aromatic N) is 1. The summed E-state index contributed by atoms with van der Waals surface area (Å²) in [6.07, 6.45) is 0. The largest absolute Gasteiger partial charge is 0.340 e. The molecule has 82 valence electrons. The lowest BCUT2D eigenvalue weighted by molar-refractivity contribution is 1.22. The number of hydrazine groups is 1. The summed E-state index contributed by atoms with van der Waals surface area (Å²) in [6.45, 7) is 2.06. The van der Waals surface area contributed by atoms with Crippen LogP contribution in [-0.2, 0) is 0 Å². The number of nitrogens with two attached hydrogens (primary N) is 1. The molecule has 1 aromatic carbocycles. The molecule has 1 aromatic heterocycles. The van der Waals surface area contributed by atoms with Gasteiger partial charge in [0.1, 0.15) is 11.6 Å². The lowest BCUT2D eigenvalue weighted by Crippen LogP contribution is -2.08. The summed E-state index contributed by atoms with van der Waals surface area (Å²) in [7, 11) is 0. The summed E-state index contributed by atoms with van der Waals surface area (Å²) >= 11 is 0. The predicted octanol–water partition coefficient (Wildman–Crippen LogP) is 2.42. The van der Waals surface area contributed by atoms with E-state index in [-0.39, 0.29) is 0 Å². The number of aryl methyl sites for hydroxylation is 1. The van der Waals surface area contributed by atoms with Gasteiger partial charge >= 0.3 is 0 Å². The minimum Gasteiger partial charge on any atom is -0.340 e. The number of pyridine rings is 1. The second-order valence-electron chi connectivity index (χ2n) is 3.54.